The second-order valence-corrected chi connectivity index (χ2v) is 5.82. The summed E-state index contributed by atoms with van der Waals surface area (Å²) in [4.78, 5) is 23.1. The normalized spacial score (nSPS) is 9.92. The highest BCUT2D eigenvalue weighted by Crippen LogP contribution is 2.19. The van der Waals surface area contributed by atoms with Crippen molar-refractivity contribution in [2.75, 3.05) is 6.61 Å². The number of ether oxygens (including phenoxy) is 1. The number of aldehydes is 1. The van der Waals surface area contributed by atoms with Gasteiger partial charge in [-0.15, -0.1) is 6.42 Å². The minimum Gasteiger partial charge on any atom is -0.480 e. The van der Waals surface area contributed by atoms with Crippen LogP contribution in [0.3, 0.4) is 0 Å². The highest BCUT2D eigenvalue weighted by Gasteiger charge is 2.07. The highest BCUT2D eigenvalue weighted by atomic mass is 35.5. The van der Waals surface area contributed by atoms with Crippen molar-refractivity contribution in [2.24, 2.45) is 0 Å². The van der Waals surface area contributed by atoms with Gasteiger partial charge in [-0.1, -0.05) is 35.7 Å². The van der Waals surface area contributed by atoms with Crippen molar-refractivity contribution in [1.82, 2.24) is 5.32 Å². The maximum atomic E-state index is 12.0. The van der Waals surface area contributed by atoms with E-state index in [4.69, 9.17) is 22.8 Å². The molecule has 2 aromatic rings. The fourth-order valence-corrected chi connectivity index (χ4v) is 2.37. The van der Waals surface area contributed by atoms with Crippen molar-refractivity contribution < 1.29 is 14.3 Å². The summed E-state index contributed by atoms with van der Waals surface area (Å²) < 4.78 is 5.30. The molecule has 0 bridgehead atoms. The Morgan fingerprint density at radius 2 is 1.92 bits per heavy atom. The molecule has 0 atom stereocenters. The largest absolute Gasteiger partial charge is 0.480 e. The number of carbonyl (C=O) groups is 2. The summed E-state index contributed by atoms with van der Waals surface area (Å²) in [5, 5.41) is 3.52. The Bertz CT molecular complexity index is 779. The third kappa shape index (κ3) is 5.98. The minimum absolute atomic E-state index is 0.0599. The van der Waals surface area contributed by atoms with Gasteiger partial charge in [0.2, 0.25) is 5.91 Å². The maximum Gasteiger partial charge on any atom is 0.220 e. The maximum absolute atomic E-state index is 12.0. The number of benzene rings is 2. The molecule has 0 aliphatic rings. The van der Waals surface area contributed by atoms with Crippen molar-refractivity contribution in [3.8, 4) is 18.1 Å². The van der Waals surface area contributed by atoms with Crippen molar-refractivity contribution in [3.63, 3.8) is 0 Å². The zero-order valence-corrected chi connectivity index (χ0v) is 14.4. The zero-order valence-electron chi connectivity index (χ0n) is 13.6. The van der Waals surface area contributed by atoms with Gasteiger partial charge in [-0.3, -0.25) is 9.59 Å². The van der Waals surface area contributed by atoms with Gasteiger partial charge in [0, 0.05) is 18.0 Å². The number of nitrogens with one attached hydrogen (secondary N) is 1. The van der Waals surface area contributed by atoms with E-state index >= 15 is 0 Å². The van der Waals surface area contributed by atoms with Crippen molar-refractivity contribution in [1.29, 1.82) is 0 Å². The number of hydrogen-bond donors (Lipinski definition) is 1. The number of aryl methyl sites for hydroxylation is 1. The molecule has 4 nitrogen and oxygen atoms in total. The molecule has 0 fully saturated rings. The molecule has 0 aliphatic carbocycles. The molecule has 0 spiro atoms. The Kier molecular flexibility index (Phi) is 7.06. The van der Waals surface area contributed by atoms with Crippen LogP contribution in [0.15, 0.2) is 42.5 Å². The van der Waals surface area contributed by atoms with Crippen molar-refractivity contribution in [3.05, 3.63) is 64.2 Å². The second kappa shape index (κ2) is 9.51. The van der Waals surface area contributed by atoms with Crippen LogP contribution >= 0.6 is 11.6 Å². The summed E-state index contributed by atoms with van der Waals surface area (Å²) in [6, 6.07) is 12.5. The number of rotatable bonds is 8. The fourth-order valence-electron chi connectivity index (χ4n) is 2.25. The lowest BCUT2D eigenvalue weighted by molar-refractivity contribution is -0.121. The molecule has 2 aromatic carbocycles. The predicted molar refractivity (Wildman–Crippen MR) is 97.8 cm³/mol. The Labute approximate surface area is 152 Å². The van der Waals surface area contributed by atoms with E-state index < -0.39 is 0 Å². The van der Waals surface area contributed by atoms with Crippen molar-refractivity contribution >= 4 is 23.8 Å². The van der Waals surface area contributed by atoms with E-state index in [0.717, 1.165) is 17.4 Å². The minimum atomic E-state index is -0.0599. The topological polar surface area (TPSA) is 55.4 Å². The van der Waals surface area contributed by atoms with Gasteiger partial charge in [0.15, 0.2) is 6.29 Å². The lowest BCUT2D eigenvalue weighted by atomic mass is 10.1. The monoisotopic (exact) mass is 355 g/mol. The van der Waals surface area contributed by atoms with Gasteiger partial charge < -0.3 is 10.1 Å². The summed E-state index contributed by atoms with van der Waals surface area (Å²) in [5.74, 6) is 2.74. The van der Waals surface area contributed by atoms with E-state index in [1.807, 2.05) is 18.2 Å². The molecule has 0 saturated heterocycles. The molecule has 0 heterocycles. The van der Waals surface area contributed by atoms with E-state index in [1.165, 1.54) is 0 Å². The summed E-state index contributed by atoms with van der Waals surface area (Å²) in [6.07, 6.45) is 6.72. The van der Waals surface area contributed by atoms with Gasteiger partial charge in [-0.05, 0) is 41.8 Å². The summed E-state index contributed by atoms with van der Waals surface area (Å²) in [6.45, 7) is 0.557. The Morgan fingerprint density at radius 3 is 2.60 bits per heavy atom. The molecule has 0 unspecified atom stereocenters. The SMILES string of the molecule is C#CCOc1ccc(CCC(=O)NCc2ccc(Cl)cc2)cc1C=O. The van der Waals surface area contributed by atoms with E-state index in [-0.39, 0.29) is 12.5 Å². The third-order valence-electron chi connectivity index (χ3n) is 3.56. The van der Waals surface area contributed by atoms with Gasteiger partial charge in [-0.2, -0.15) is 0 Å². The van der Waals surface area contributed by atoms with Crippen LogP contribution in [0.5, 0.6) is 5.75 Å². The van der Waals surface area contributed by atoms with Gasteiger partial charge >= 0.3 is 0 Å². The molecule has 25 heavy (non-hydrogen) atoms. The lowest BCUT2D eigenvalue weighted by Crippen LogP contribution is -2.22. The smallest absolute Gasteiger partial charge is 0.220 e. The molecule has 0 radical (unpaired) electrons. The third-order valence-corrected chi connectivity index (χ3v) is 3.81. The predicted octanol–water partition coefficient (Wildman–Crippen LogP) is 3.41. The molecule has 0 aliphatic heterocycles. The first-order valence-corrected chi connectivity index (χ1v) is 8.15. The molecule has 0 saturated carbocycles. The van der Waals surface area contributed by atoms with Gasteiger partial charge in [0.25, 0.3) is 0 Å². The van der Waals surface area contributed by atoms with Crippen LogP contribution in [0.4, 0.5) is 0 Å². The van der Waals surface area contributed by atoms with Crippen LogP contribution in [-0.2, 0) is 17.8 Å². The molecule has 5 heteroatoms. The average molecular weight is 356 g/mol. The highest BCUT2D eigenvalue weighted by molar-refractivity contribution is 6.30. The molecular formula is C20H18ClNO3. The first kappa shape index (κ1) is 18.6. The Hall–Kier alpha value is -2.77. The van der Waals surface area contributed by atoms with E-state index in [0.29, 0.717) is 35.7 Å². The quantitative estimate of drug-likeness (QED) is 0.583. The van der Waals surface area contributed by atoms with Gasteiger partial charge in [-0.25, -0.2) is 0 Å². The van der Waals surface area contributed by atoms with E-state index in [1.54, 1.807) is 24.3 Å². The Balaban J connectivity index is 1.85. The summed E-state index contributed by atoms with van der Waals surface area (Å²) in [5.41, 5.74) is 2.29. The van der Waals surface area contributed by atoms with Crippen LogP contribution in [0, 0.1) is 12.3 Å². The number of terminal acetylenes is 1. The number of halogens is 1. The molecule has 1 amide bonds. The first-order valence-electron chi connectivity index (χ1n) is 7.78. The van der Waals surface area contributed by atoms with E-state index in [2.05, 4.69) is 11.2 Å². The van der Waals surface area contributed by atoms with Crippen LogP contribution < -0.4 is 10.1 Å². The van der Waals surface area contributed by atoms with Crippen LogP contribution in [0.25, 0.3) is 0 Å². The molecule has 2 rings (SSSR count). The summed E-state index contributed by atoms with van der Waals surface area (Å²) >= 11 is 5.83. The summed E-state index contributed by atoms with van der Waals surface area (Å²) in [7, 11) is 0. The second-order valence-electron chi connectivity index (χ2n) is 5.39. The zero-order chi connectivity index (χ0) is 18.1. The van der Waals surface area contributed by atoms with Crippen LogP contribution in [0.1, 0.15) is 27.9 Å². The molecular weight excluding hydrogens is 338 g/mol. The fraction of sp³-hybridized carbons (Fsp3) is 0.200. The Morgan fingerprint density at radius 1 is 1.20 bits per heavy atom. The molecule has 1 N–H and O–H groups in total. The van der Waals surface area contributed by atoms with E-state index in [9.17, 15) is 9.59 Å². The van der Waals surface area contributed by atoms with Crippen molar-refractivity contribution in [2.45, 2.75) is 19.4 Å². The standard InChI is InChI=1S/C20H18ClNO3/c1-2-11-25-19-9-5-15(12-17(19)14-23)6-10-20(24)22-13-16-3-7-18(21)8-4-16/h1,3-5,7-9,12,14H,6,10-11,13H2,(H,22,24). The van der Waals surface area contributed by atoms with Gasteiger partial charge in [0.1, 0.15) is 12.4 Å². The number of amides is 1. The first-order chi connectivity index (χ1) is 12.1. The molecule has 128 valence electrons. The van der Waals surface area contributed by atoms with Crippen LogP contribution in [-0.4, -0.2) is 18.8 Å². The van der Waals surface area contributed by atoms with Crippen LogP contribution in [0.2, 0.25) is 5.02 Å². The average Bonchev–Trinajstić information content (AvgIpc) is 2.64. The lowest BCUT2D eigenvalue weighted by Gasteiger charge is -2.09. The molecule has 0 aromatic heterocycles. The number of carbonyl (C=O) groups excluding carboxylic acids is 2. The number of hydrogen-bond acceptors (Lipinski definition) is 3. The van der Waals surface area contributed by atoms with Gasteiger partial charge in [0.05, 0.1) is 5.56 Å².